The number of rotatable bonds is 3. The number of aromatic amines is 1. The lowest BCUT2D eigenvalue weighted by molar-refractivity contribution is 0.262. The standard InChI is InChI=1S/C21H17N5O3.H2O/c1-29-15-5-2-13(3-6-15)23-21(28)24-14-4-7-16-12(10-14)11-17-18(16)25-20(27)19-22-8-9-26(17)19;/h2-10H,11H2,1H3,(H,25,27)(H2,23,24,28);1H2. The average Bonchev–Trinajstić information content (AvgIpc) is 3.34. The Hall–Kier alpha value is -4.11. The first-order valence-electron chi connectivity index (χ1n) is 9.06. The number of benzene rings is 2. The number of nitrogens with zero attached hydrogens (tertiary/aromatic N) is 2. The van der Waals surface area contributed by atoms with Crippen molar-refractivity contribution in [3.63, 3.8) is 0 Å². The minimum atomic E-state index is -0.337. The Labute approximate surface area is 170 Å². The van der Waals surface area contributed by atoms with Gasteiger partial charge < -0.3 is 25.8 Å². The normalized spacial score (nSPS) is 11.4. The van der Waals surface area contributed by atoms with Crippen LogP contribution in [-0.2, 0) is 6.42 Å². The molecular weight excluding hydrogens is 386 g/mol. The molecule has 0 unspecified atom stereocenters. The fourth-order valence-electron chi connectivity index (χ4n) is 3.66. The summed E-state index contributed by atoms with van der Waals surface area (Å²) < 4.78 is 6.93. The molecule has 0 atom stereocenters. The van der Waals surface area contributed by atoms with E-state index in [-0.39, 0.29) is 17.1 Å². The van der Waals surface area contributed by atoms with Gasteiger partial charge >= 0.3 is 6.03 Å². The summed E-state index contributed by atoms with van der Waals surface area (Å²) in [5.74, 6) is 0.721. The zero-order chi connectivity index (χ0) is 20.0. The van der Waals surface area contributed by atoms with E-state index in [0.29, 0.717) is 23.4 Å². The number of anilines is 2. The van der Waals surface area contributed by atoms with E-state index in [1.807, 2.05) is 22.6 Å². The van der Waals surface area contributed by atoms with Gasteiger partial charge in [-0.1, -0.05) is 6.07 Å². The van der Waals surface area contributed by atoms with Gasteiger partial charge in [-0.25, -0.2) is 9.78 Å². The number of amides is 2. The molecule has 2 aromatic heterocycles. The molecule has 0 saturated carbocycles. The second-order valence-electron chi connectivity index (χ2n) is 6.75. The maximum atomic E-state index is 12.3. The highest BCUT2D eigenvalue weighted by Crippen LogP contribution is 2.36. The van der Waals surface area contributed by atoms with Gasteiger partial charge in [-0.05, 0) is 42.0 Å². The van der Waals surface area contributed by atoms with Crippen LogP contribution in [0, 0.1) is 0 Å². The number of carbonyl (C=O) groups is 1. The molecule has 1 aliphatic carbocycles. The van der Waals surface area contributed by atoms with E-state index in [2.05, 4.69) is 20.6 Å². The number of urea groups is 1. The third-order valence-electron chi connectivity index (χ3n) is 5.00. The molecule has 0 aliphatic heterocycles. The van der Waals surface area contributed by atoms with Gasteiger partial charge in [0, 0.05) is 35.8 Å². The molecule has 2 aromatic carbocycles. The van der Waals surface area contributed by atoms with E-state index in [1.165, 1.54) is 0 Å². The molecule has 9 heteroatoms. The number of carbonyl (C=O) groups excluding carboxylic acids is 1. The number of hydrogen-bond donors (Lipinski definition) is 3. The van der Waals surface area contributed by atoms with E-state index < -0.39 is 0 Å². The van der Waals surface area contributed by atoms with Crippen molar-refractivity contribution in [2.45, 2.75) is 6.42 Å². The summed E-state index contributed by atoms with van der Waals surface area (Å²) in [5, 5.41) is 5.64. The molecule has 5 N–H and O–H groups in total. The number of aromatic nitrogens is 3. The fraction of sp³-hybridized carbons (Fsp3) is 0.0952. The van der Waals surface area contributed by atoms with Crippen molar-refractivity contribution in [2.75, 3.05) is 17.7 Å². The Balaban J connectivity index is 0.00000218. The predicted octanol–water partition coefficient (Wildman–Crippen LogP) is 2.42. The monoisotopic (exact) mass is 405 g/mol. The molecule has 0 spiro atoms. The minimum Gasteiger partial charge on any atom is -0.497 e. The molecule has 1 aliphatic rings. The van der Waals surface area contributed by atoms with Gasteiger partial charge in [0.25, 0.3) is 5.56 Å². The Bertz CT molecular complexity index is 1310. The van der Waals surface area contributed by atoms with Gasteiger partial charge in [0.05, 0.1) is 18.5 Å². The Morgan fingerprint density at radius 1 is 1.13 bits per heavy atom. The van der Waals surface area contributed by atoms with E-state index in [0.717, 1.165) is 28.3 Å². The third kappa shape index (κ3) is 3.16. The lowest BCUT2D eigenvalue weighted by Crippen LogP contribution is -2.19. The zero-order valence-electron chi connectivity index (χ0n) is 16.0. The van der Waals surface area contributed by atoms with Crippen LogP contribution in [0.15, 0.2) is 59.7 Å². The first-order chi connectivity index (χ1) is 14.1. The summed E-state index contributed by atoms with van der Waals surface area (Å²) in [6.07, 6.45) is 4.05. The van der Waals surface area contributed by atoms with Crippen LogP contribution in [0.25, 0.3) is 16.9 Å². The number of ether oxygens (including phenoxy) is 1. The fourth-order valence-corrected chi connectivity index (χ4v) is 3.66. The molecule has 4 aromatic rings. The molecule has 2 heterocycles. The van der Waals surface area contributed by atoms with Crippen molar-refractivity contribution < 1.29 is 15.0 Å². The van der Waals surface area contributed by atoms with Crippen molar-refractivity contribution in [1.82, 2.24) is 14.4 Å². The Kier molecular flexibility index (Phi) is 4.72. The van der Waals surface area contributed by atoms with Crippen molar-refractivity contribution >= 4 is 23.1 Å². The number of imidazole rings is 1. The summed E-state index contributed by atoms with van der Waals surface area (Å²) in [6.45, 7) is 0. The van der Waals surface area contributed by atoms with E-state index in [1.54, 1.807) is 43.8 Å². The van der Waals surface area contributed by atoms with Crippen LogP contribution >= 0.6 is 0 Å². The topological polar surface area (TPSA) is 132 Å². The first-order valence-corrected chi connectivity index (χ1v) is 9.06. The third-order valence-corrected chi connectivity index (χ3v) is 5.00. The molecule has 152 valence electrons. The van der Waals surface area contributed by atoms with Crippen molar-refractivity contribution in [3.05, 3.63) is 76.5 Å². The summed E-state index contributed by atoms with van der Waals surface area (Å²) in [5.41, 5.74) is 5.25. The summed E-state index contributed by atoms with van der Waals surface area (Å²) >= 11 is 0. The molecule has 0 saturated heterocycles. The highest BCUT2D eigenvalue weighted by atomic mass is 16.5. The van der Waals surface area contributed by atoms with Gasteiger partial charge in [-0.2, -0.15) is 0 Å². The van der Waals surface area contributed by atoms with Gasteiger partial charge in [0.1, 0.15) is 5.75 Å². The smallest absolute Gasteiger partial charge is 0.323 e. The molecular formula is C21H19N5O4. The van der Waals surface area contributed by atoms with Crippen LogP contribution in [-0.4, -0.2) is 33.0 Å². The molecule has 5 rings (SSSR count). The molecule has 9 nitrogen and oxygen atoms in total. The minimum absolute atomic E-state index is 0. The largest absolute Gasteiger partial charge is 0.497 e. The zero-order valence-corrected chi connectivity index (χ0v) is 16.0. The number of fused-ring (bicyclic) bond motifs is 5. The van der Waals surface area contributed by atoms with Gasteiger partial charge in [0.2, 0.25) is 5.65 Å². The van der Waals surface area contributed by atoms with E-state index in [4.69, 9.17) is 4.74 Å². The highest BCUT2D eigenvalue weighted by Gasteiger charge is 2.23. The van der Waals surface area contributed by atoms with Crippen LogP contribution in [0.5, 0.6) is 5.75 Å². The predicted molar refractivity (Wildman–Crippen MR) is 113 cm³/mol. The van der Waals surface area contributed by atoms with Gasteiger partial charge in [0.15, 0.2) is 0 Å². The van der Waals surface area contributed by atoms with E-state index >= 15 is 0 Å². The SMILES string of the molecule is COc1ccc(NC(=O)Nc2ccc3c(c2)Cc2c-3[nH]c(=O)c3nccn23)cc1.O. The maximum absolute atomic E-state index is 12.3. The second-order valence-corrected chi connectivity index (χ2v) is 6.75. The molecule has 30 heavy (non-hydrogen) atoms. The number of methoxy groups -OCH3 is 1. The summed E-state index contributed by atoms with van der Waals surface area (Å²) in [4.78, 5) is 31.6. The Morgan fingerprint density at radius 2 is 1.87 bits per heavy atom. The molecule has 0 fully saturated rings. The molecule has 0 radical (unpaired) electrons. The average molecular weight is 405 g/mol. The van der Waals surface area contributed by atoms with Crippen LogP contribution in [0.3, 0.4) is 0 Å². The Morgan fingerprint density at radius 3 is 2.63 bits per heavy atom. The number of hydrogen-bond acceptors (Lipinski definition) is 4. The lowest BCUT2D eigenvalue weighted by Gasteiger charge is -2.09. The van der Waals surface area contributed by atoms with Gasteiger partial charge in [-0.3, -0.25) is 9.20 Å². The number of H-pyrrole nitrogens is 1. The van der Waals surface area contributed by atoms with Gasteiger partial charge in [-0.15, -0.1) is 0 Å². The number of nitrogens with one attached hydrogen (secondary N) is 3. The molecule has 0 bridgehead atoms. The van der Waals surface area contributed by atoms with Crippen LogP contribution in [0.2, 0.25) is 0 Å². The maximum Gasteiger partial charge on any atom is 0.323 e. The molecule has 2 amide bonds. The van der Waals surface area contributed by atoms with Crippen molar-refractivity contribution in [2.24, 2.45) is 0 Å². The van der Waals surface area contributed by atoms with Crippen LogP contribution in [0.1, 0.15) is 11.3 Å². The quantitative estimate of drug-likeness (QED) is 0.425. The summed E-state index contributed by atoms with van der Waals surface area (Å²) in [6, 6.07) is 12.4. The highest BCUT2D eigenvalue weighted by molar-refractivity contribution is 6.00. The van der Waals surface area contributed by atoms with E-state index in [9.17, 15) is 9.59 Å². The lowest BCUT2D eigenvalue weighted by atomic mass is 10.1. The van der Waals surface area contributed by atoms with Crippen LogP contribution < -0.4 is 20.9 Å². The second kappa shape index (κ2) is 7.37. The van der Waals surface area contributed by atoms with Crippen molar-refractivity contribution in [1.29, 1.82) is 0 Å². The first kappa shape index (κ1) is 19.2. The summed E-state index contributed by atoms with van der Waals surface area (Å²) in [7, 11) is 1.59. The van der Waals surface area contributed by atoms with Crippen LogP contribution in [0.4, 0.5) is 16.2 Å². The van der Waals surface area contributed by atoms with Crippen molar-refractivity contribution in [3.8, 4) is 17.0 Å².